The van der Waals surface area contributed by atoms with E-state index in [1.807, 2.05) is 0 Å². The molecule has 100 valence electrons. The predicted octanol–water partition coefficient (Wildman–Crippen LogP) is 1.33. The highest BCUT2D eigenvalue weighted by molar-refractivity contribution is 6.21. The molecular formula is C13H14N2O4. The van der Waals surface area contributed by atoms with Gasteiger partial charge in [0.1, 0.15) is 0 Å². The van der Waals surface area contributed by atoms with Gasteiger partial charge in [-0.2, -0.15) is 0 Å². The molecule has 0 radical (unpaired) electrons. The average molecular weight is 262 g/mol. The summed E-state index contributed by atoms with van der Waals surface area (Å²) in [5.74, 6) is -0.543. The van der Waals surface area contributed by atoms with Crippen LogP contribution < -0.4 is 5.32 Å². The smallest absolute Gasteiger partial charge is 0.404 e. The molecule has 0 saturated carbocycles. The Hall–Kier alpha value is -2.37. The normalized spacial score (nSPS) is 13.6. The standard InChI is InChI=1S/C13H14N2O4/c16-11-9-5-1-2-6-10(9)12(17)15(11)8-4-3-7-14-13(18)19/h1-2,5-6,14H,3-4,7-8H2,(H,18,19). The lowest BCUT2D eigenvalue weighted by Gasteiger charge is -2.13. The molecule has 0 spiro atoms. The number of benzene rings is 1. The van der Waals surface area contributed by atoms with Crippen LogP contribution in [-0.2, 0) is 0 Å². The van der Waals surface area contributed by atoms with Crippen molar-refractivity contribution in [2.24, 2.45) is 0 Å². The molecule has 3 amide bonds. The van der Waals surface area contributed by atoms with E-state index >= 15 is 0 Å². The molecule has 1 aliphatic rings. The summed E-state index contributed by atoms with van der Waals surface area (Å²) in [5, 5.41) is 10.6. The molecule has 0 atom stereocenters. The van der Waals surface area contributed by atoms with Gasteiger partial charge in [0, 0.05) is 13.1 Å². The van der Waals surface area contributed by atoms with Crippen molar-refractivity contribution in [2.75, 3.05) is 13.1 Å². The van der Waals surface area contributed by atoms with E-state index in [1.54, 1.807) is 24.3 Å². The molecule has 2 rings (SSSR count). The highest BCUT2D eigenvalue weighted by Gasteiger charge is 2.34. The summed E-state index contributed by atoms with van der Waals surface area (Å²) in [7, 11) is 0. The van der Waals surface area contributed by atoms with Gasteiger partial charge in [0.25, 0.3) is 11.8 Å². The third-order valence-electron chi connectivity index (χ3n) is 2.96. The van der Waals surface area contributed by atoms with Gasteiger partial charge in [0.2, 0.25) is 0 Å². The number of nitrogens with zero attached hydrogens (tertiary/aromatic N) is 1. The van der Waals surface area contributed by atoms with Crippen molar-refractivity contribution in [2.45, 2.75) is 12.8 Å². The number of nitrogens with one attached hydrogen (secondary N) is 1. The Morgan fingerprint density at radius 2 is 1.68 bits per heavy atom. The molecule has 1 heterocycles. The zero-order valence-corrected chi connectivity index (χ0v) is 10.3. The Kier molecular flexibility index (Phi) is 3.79. The Labute approximate surface area is 110 Å². The van der Waals surface area contributed by atoms with Crippen molar-refractivity contribution in [1.29, 1.82) is 0 Å². The summed E-state index contributed by atoms with van der Waals surface area (Å²) in [6.45, 7) is 0.631. The number of hydrogen-bond donors (Lipinski definition) is 2. The van der Waals surface area contributed by atoms with Crippen molar-refractivity contribution >= 4 is 17.9 Å². The van der Waals surface area contributed by atoms with Crippen molar-refractivity contribution in [1.82, 2.24) is 10.2 Å². The molecule has 1 aromatic rings. The average Bonchev–Trinajstić information content (AvgIpc) is 2.63. The van der Waals surface area contributed by atoms with Gasteiger partial charge in [0.15, 0.2) is 0 Å². The quantitative estimate of drug-likeness (QED) is 0.619. The van der Waals surface area contributed by atoms with Gasteiger partial charge in [-0.1, -0.05) is 12.1 Å². The minimum Gasteiger partial charge on any atom is -0.465 e. The summed E-state index contributed by atoms with van der Waals surface area (Å²) in [5.41, 5.74) is 0.882. The van der Waals surface area contributed by atoms with Crippen LogP contribution in [0.5, 0.6) is 0 Å². The van der Waals surface area contributed by atoms with Crippen LogP contribution in [-0.4, -0.2) is 41.0 Å². The zero-order valence-electron chi connectivity index (χ0n) is 10.3. The minimum absolute atomic E-state index is 0.271. The zero-order chi connectivity index (χ0) is 13.8. The van der Waals surface area contributed by atoms with Crippen LogP contribution >= 0.6 is 0 Å². The molecule has 19 heavy (non-hydrogen) atoms. The predicted molar refractivity (Wildman–Crippen MR) is 67.1 cm³/mol. The number of fused-ring (bicyclic) bond motifs is 1. The number of hydrogen-bond acceptors (Lipinski definition) is 3. The fourth-order valence-corrected chi connectivity index (χ4v) is 2.03. The van der Waals surface area contributed by atoms with Crippen LogP contribution in [0.2, 0.25) is 0 Å². The molecule has 0 bridgehead atoms. The van der Waals surface area contributed by atoms with Crippen LogP contribution in [0.15, 0.2) is 24.3 Å². The SMILES string of the molecule is O=C(O)NCCCCN1C(=O)c2ccccc2C1=O. The van der Waals surface area contributed by atoms with E-state index in [4.69, 9.17) is 5.11 Å². The maximum Gasteiger partial charge on any atom is 0.404 e. The second kappa shape index (κ2) is 5.51. The molecule has 1 aliphatic heterocycles. The van der Waals surface area contributed by atoms with Crippen molar-refractivity contribution in [3.05, 3.63) is 35.4 Å². The van der Waals surface area contributed by atoms with E-state index in [2.05, 4.69) is 5.32 Å². The maximum atomic E-state index is 12.0. The summed E-state index contributed by atoms with van der Waals surface area (Å²) >= 11 is 0. The third-order valence-corrected chi connectivity index (χ3v) is 2.96. The van der Waals surface area contributed by atoms with Crippen LogP contribution in [0, 0.1) is 0 Å². The molecule has 0 aromatic heterocycles. The van der Waals surface area contributed by atoms with Gasteiger partial charge >= 0.3 is 6.09 Å². The lowest BCUT2D eigenvalue weighted by Crippen LogP contribution is -2.31. The van der Waals surface area contributed by atoms with Gasteiger partial charge in [-0.3, -0.25) is 14.5 Å². The second-order valence-corrected chi connectivity index (χ2v) is 4.25. The minimum atomic E-state index is -1.07. The lowest BCUT2D eigenvalue weighted by atomic mass is 10.1. The third kappa shape index (κ3) is 2.73. The van der Waals surface area contributed by atoms with E-state index in [1.165, 1.54) is 4.90 Å². The van der Waals surface area contributed by atoms with E-state index in [0.29, 0.717) is 37.1 Å². The number of unbranched alkanes of at least 4 members (excludes halogenated alkanes) is 1. The number of imide groups is 1. The van der Waals surface area contributed by atoms with E-state index in [-0.39, 0.29) is 11.8 Å². The molecular weight excluding hydrogens is 248 g/mol. The number of carbonyl (C=O) groups excluding carboxylic acids is 2. The summed E-state index contributed by atoms with van der Waals surface area (Å²) in [6, 6.07) is 6.73. The molecule has 0 fully saturated rings. The van der Waals surface area contributed by atoms with Crippen LogP contribution in [0.4, 0.5) is 4.79 Å². The topological polar surface area (TPSA) is 86.7 Å². The summed E-state index contributed by atoms with van der Waals surface area (Å²) in [6.07, 6.45) is 0.0894. The van der Waals surface area contributed by atoms with E-state index in [0.717, 1.165) is 0 Å². The molecule has 0 saturated heterocycles. The van der Waals surface area contributed by atoms with Crippen LogP contribution in [0.25, 0.3) is 0 Å². The Morgan fingerprint density at radius 3 is 2.21 bits per heavy atom. The van der Waals surface area contributed by atoms with Crippen LogP contribution in [0.1, 0.15) is 33.6 Å². The fourth-order valence-electron chi connectivity index (χ4n) is 2.03. The first-order chi connectivity index (χ1) is 9.11. The number of rotatable bonds is 5. The molecule has 6 nitrogen and oxygen atoms in total. The number of amides is 3. The van der Waals surface area contributed by atoms with Crippen molar-refractivity contribution in [3.8, 4) is 0 Å². The van der Waals surface area contributed by atoms with Gasteiger partial charge in [-0.15, -0.1) is 0 Å². The highest BCUT2D eigenvalue weighted by Crippen LogP contribution is 2.22. The molecule has 6 heteroatoms. The molecule has 1 aromatic carbocycles. The number of carboxylic acid groups (broad SMARTS) is 1. The maximum absolute atomic E-state index is 12.0. The number of carbonyl (C=O) groups is 3. The molecule has 0 aliphatic carbocycles. The second-order valence-electron chi connectivity index (χ2n) is 4.25. The van der Waals surface area contributed by atoms with E-state index < -0.39 is 6.09 Å². The first-order valence-corrected chi connectivity index (χ1v) is 6.03. The first kappa shape index (κ1) is 13.1. The Morgan fingerprint density at radius 1 is 1.11 bits per heavy atom. The lowest BCUT2D eigenvalue weighted by molar-refractivity contribution is 0.0651. The highest BCUT2D eigenvalue weighted by atomic mass is 16.4. The van der Waals surface area contributed by atoms with E-state index in [9.17, 15) is 14.4 Å². The largest absolute Gasteiger partial charge is 0.465 e. The van der Waals surface area contributed by atoms with Gasteiger partial charge < -0.3 is 10.4 Å². The van der Waals surface area contributed by atoms with Crippen LogP contribution in [0.3, 0.4) is 0 Å². The molecule has 2 N–H and O–H groups in total. The summed E-state index contributed by atoms with van der Waals surface area (Å²) < 4.78 is 0. The van der Waals surface area contributed by atoms with Gasteiger partial charge in [-0.05, 0) is 25.0 Å². The first-order valence-electron chi connectivity index (χ1n) is 6.03. The Bertz CT molecular complexity index is 492. The van der Waals surface area contributed by atoms with Crippen molar-refractivity contribution in [3.63, 3.8) is 0 Å². The summed E-state index contributed by atoms with van der Waals surface area (Å²) in [4.78, 5) is 35.4. The van der Waals surface area contributed by atoms with Crippen molar-refractivity contribution < 1.29 is 19.5 Å². The Balaban J connectivity index is 1.88. The van der Waals surface area contributed by atoms with Gasteiger partial charge in [0.05, 0.1) is 11.1 Å². The molecule has 0 unspecified atom stereocenters. The monoisotopic (exact) mass is 262 g/mol. The fraction of sp³-hybridized carbons (Fsp3) is 0.308. The van der Waals surface area contributed by atoms with Gasteiger partial charge in [-0.25, -0.2) is 4.79 Å².